The monoisotopic (exact) mass is 320 g/mol. The Morgan fingerprint density at radius 1 is 0.895 bits per heavy atom. The van der Waals surface area contributed by atoms with Gasteiger partial charge >= 0.3 is 0 Å². The Kier molecular flexibility index (Phi) is 4.34. The Balaban J connectivity index is 2.49. The molecule has 0 radical (unpaired) electrons. The normalized spacial score (nSPS) is 12.5. The molecule has 0 saturated carbocycles. The van der Waals surface area contributed by atoms with Gasteiger partial charge in [0.05, 0.1) is 5.38 Å². The lowest BCUT2D eigenvalue weighted by atomic mass is 10.0. The Bertz CT molecular complexity index is 606. The maximum Gasteiger partial charge on any atom is 0.128 e. The number of aryl methyl sites for hydroxylation is 1. The van der Waals surface area contributed by atoms with E-state index in [2.05, 4.69) is 0 Å². The van der Waals surface area contributed by atoms with E-state index in [0.29, 0.717) is 15.6 Å². The number of hydrogen-bond acceptors (Lipinski definition) is 0. The van der Waals surface area contributed by atoms with E-state index in [-0.39, 0.29) is 11.1 Å². The topological polar surface area (TPSA) is 0 Å². The smallest absolute Gasteiger partial charge is 0.128 e. The molecule has 0 bridgehead atoms. The lowest BCUT2D eigenvalue weighted by molar-refractivity contribution is 0.580. The standard InChI is InChI=1S/C14H9Cl3F2/c1-7-2-13(19)11(6-12(7)18)14(17)8-3-9(15)5-10(16)4-8/h2-6,14H,1H3. The SMILES string of the molecule is Cc1cc(F)c(C(Cl)c2cc(Cl)cc(Cl)c2)cc1F. The van der Waals surface area contributed by atoms with E-state index in [4.69, 9.17) is 34.8 Å². The fraction of sp³-hybridized carbons (Fsp3) is 0.143. The highest BCUT2D eigenvalue weighted by Crippen LogP contribution is 2.34. The Labute approximate surface area is 124 Å². The van der Waals surface area contributed by atoms with E-state index in [1.54, 1.807) is 18.2 Å². The van der Waals surface area contributed by atoms with Crippen molar-refractivity contribution in [1.82, 2.24) is 0 Å². The van der Waals surface area contributed by atoms with Gasteiger partial charge in [0.2, 0.25) is 0 Å². The van der Waals surface area contributed by atoms with E-state index < -0.39 is 17.0 Å². The van der Waals surface area contributed by atoms with Crippen molar-refractivity contribution < 1.29 is 8.78 Å². The predicted molar refractivity (Wildman–Crippen MR) is 75.3 cm³/mol. The Morgan fingerprint density at radius 2 is 1.47 bits per heavy atom. The number of alkyl halides is 1. The molecule has 5 heteroatoms. The second-order valence-corrected chi connectivity index (χ2v) is 5.50. The van der Waals surface area contributed by atoms with Crippen LogP contribution in [0.1, 0.15) is 22.1 Å². The third-order valence-electron chi connectivity index (χ3n) is 2.73. The van der Waals surface area contributed by atoms with E-state index in [1.165, 1.54) is 6.92 Å². The molecule has 0 heterocycles. The second kappa shape index (κ2) is 5.66. The van der Waals surface area contributed by atoms with Crippen molar-refractivity contribution >= 4 is 34.8 Å². The van der Waals surface area contributed by atoms with Crippen LogP contribution >= 0.6 is 34.8 Å². The Hall–Kier alpha value is -0.830. The van der Waals surface area contributed by atoms with Crippen LogP contribution in [0.2, 0.25) is 10.0 Å². The van der Waals surface area contributed by atoms with Gasteiger partial charge in [-0.05, 0) is 48.4 Å². The molecule has 0 spiro atoms. The number of halogens is 5. The molecule has 0 nitrogen and oxygen atoms in total. The molecule has 2 rings (SSSR count). The van der Waals surface area contributed by atoms with E-state index >= 15 is 0 Å². The molecule has 100 valence electrons. The minimum Gasteiger partial charge on any atom is -0.207 e. The molecule has 2 aromatic carbocycles. The molecule has 0 N–H and O–H groups in total. The largest absolute Gasteiger partial charge is 0.207 e. The minimum atomic E-state index is -0.855. The van der Waals surface area contributed by atoms with Crippen molar-refractivity contribution in [3.63, 3.8) is 0 Å². The maximum atomic E-state index is 13.9. The minimum absolute atomic E-state index is 0.0584. The molecule has 2 aromatic rings. The van der Waals surface area contributed by atoms with Crippen molar-refractivity contribution in [1.29, 1.82) is 0 Å². The van der Waals surface area contributed by atoms with Crippen LogP contribution in [0.25, 0.3) is 0 Å². The number of benzene rings is 2. The van der Waals surface area contributed by atoms with E-state index in [1.807, 2.05) is 0 Å². The molecule has 0 amide bonds. The summed E-state index contributed by atoms with van der Waals surface area (Å²) in [5.41, 5.74) is 0.804. The zero-order valence-corrected chi connectivity index (χ0v) is 12.1. The molecule has 0 saturated heterocycles. The van der Waals surface area contributed by atoms with Crippen molar-refractivity contribution in [2.24, 2.45) is 0 Å². The van der Waals surface area contributed by atoms with Gasteiger partial charge in [-0.1, -0.05) is 23.2 Å². The fourth-order valence-electron chi connectivity index (χ4n) is 1.76. The summed E-state index contributed by atoms with van der Waals surface area (Å²) in [5.74, 6) is -1.06. The molecule has 1 atom stereocenters. The maximum absolute atomic E-state index is 13.9. The zero-order valence-electron chi connectivity index (χ0n) is 9.85. The van der Waals surface area contributed by atoms with Gasteiger partial charge in [0.1, 0.15) is 11.6 Å². The third kappa shape index (κ3) is 3.19. The summed E-state index contributed by atoms with van der Waals surface area (Å²) in [5, 5.41) is -0.0754. The van der Waals surface area contributed by atoms with Gasteiger partial charge in [-0.3, -0.25) is 0 Å². The van der Waals surface area contributed by atoms with Gasteiger partial charge in [0, 0.05) is 15.6 Å². The van der Waals surface area contributed by atoms with Crippen LogP contribution in [-0.4, -0.2) is 0 Å². The van der Waals surface area contributed by atoms with Gasteiger partial charge in [-0.15, -0.1) is 11.6 Å². The molecule has 0 aliphatic rings. The van der Waals surface area contributed by atoms with Crippen molar-refractivity contribution in [2.75, 3.05) is 0 Å². The van der Waals surface area contributed by atoms with Gasteiger partial charge in [0.15, 0.2) is 0 Å². The molecule has 0 fully saturated rings. The third-order valence-corrected chi connectivity index (χ3v) is 3.65. The molecule has 19 heavy (non-hydrogen) atoms. The highest BCUT2D eigenvalue weighted by atomic mass is 35.5. The second-order valence-electron chi connectivity index (χ2n) is 4.19. The summed E-state index contributed by atoms with van der Waals surface area (Å²) in [6.07, 6.45) is 0. The summed E-state index contributed by atoms with van der Waals surface area (Å²) >= 11 is 17.9. The van der Waals surface area contributed by atoms with Crippen LogP contribution in [0, 0.1) is 18.6 Å². The summed E-state index contributed by atoms with van der Waals surface area (Å²) in [6.45, 7) is 1.49. The van der Waals surface area contributed by atoms with Gasteiger partial charge in [-0.25, -0.2) is 8.78 Å². The van der Waals surface area contributed by atoms with Crippen molar-refractivity contribution in [3.05, 3.63) is 68.7 Å². The first-order valence-corrected chi connectivity index (χ1v) is 6.63. The van der Waals surface area contributed by atoms with Crippen LogP contribution in [0.3, 0.4) is 0 Å². The fourth-order valence-corrected chi connectivity index (χ4v) is 2.59. The lowest BCUT2D eigenvalue weighted by Crippen LogP contribution is -2.00. The van der Waals surface area contributed by atoms with Crippen LogP contribution in [0.15, 0.2) is 30.3 Å². The Morgan fingerprint density at radius 3 is 2.05 bits per heavy atom. The van der Waals surface area contributed by atoms with Crippen molar-refractivity contribution in [2.45, 2.75) is 12.3 Å². The van der Waals surface area contributed by atoms with Crippen molar-refractivity contribution in [3.8, 4) is 0 Å². The van der Waals surface area contributed by atoms with Gasteiger partial charge < -0.3 is 0 Å². The van der Waals surface area contributed by atoms with Crippen LogP contribution < -0.4 is 0 Å². The lowest BCUT2D eigenvalue weighted by Gasteiger charge is -2.13. The quantitative estimate of drug-likeness (QED) is 0.603. The zero-order chi connectivity index (χ0) is 14.2. The predicted octanol–water partition coefficient (Wildman–Crippen LogP) is 5.91. The number of rotatable bonds is 2. The van der Waals surface area contributed by atoms with Crippen LogP contribution in [0.4, 0.5) is 8.78 Å². The molecular weight excluding hydrogens is 313 g/mol. The summed E-state index contributed by atoms with van der Waals surface area (Å²) in [4.78, 5) is 0. The highest BCUT2D eigenvalue weighted by Gasteiger charge is 2.18. The summed E-state index contributed by atoms with van der Waals surface area (Å²) < 4.78 is 27.4. The molecule has 0 aliphatic heterocycles. The van der Waals surface area contributed by atoms with Gasteiger partial charge in [0.25, 0.3) is 0 Å². The summed E-state index contributed by atoms with van der Waals surface area (Å²) in [6, 6.07) is 6.90. The average Bonchev–Trinajstić information content (AvgIpc) is 2.31. The summed E-state index contributed by atoms with van der Waals surface area (Å²) in [7, 11) is 0. The average molecular weight is 322 g/mol. The molecule has 0 aliphatic carbocycles. The highest BCUT2D eigenvalue weighted by molar-refractivity contribution is 6.35. The van der Waals surface area contributed by atoms with E-state index in [0.717, 1.165) is 12.1 Å². The van der Waals surface area contributed by atoms with Crippen LogP contribution in [0.5, 0.6) is 0 Å². The molecular formula is C14H9Cl3F2. The number of hydrogen-bond donors (Lipinski definition) is 0. The first-order chi connectivity index (χ1) is 8.88. The first-order valence-electron chi connectivity index (χ1n) is 5.44. The van der Waals surface area contributed by atoms with Crippen LogP contribution in [-0.2, 0) is 0 Å². The first kappa shape index (κ1) is 14.6. The van der Waals surface area contributed by atoms with E-state index in [9.17, 15) is 8.78 Å². The molecule has 1 unspecified atom stereocenters. The van der Waals surface area contributed by atoms with Gasteiger partial charge in [-0.2, -0.15) is 0 Å². The molecule has 0 aromatic heterocycles.